The molecule has 1 atom stereocenters. The second-order valence-corrected chi connectivity index (χ2v) is 4.48. The second kappa shape index (κ2) is 7.03. The lowest BCUT2D eigenvalue weighted by Gasteiger charge is -2.20. The smallest absolute Gasteiger partial charge is 0.136 e. The summed E-state index contributed by atoms with van der Waals surface area (Å²) >= 11 is 0. The SMILES string of the molecule is NCC(Oc1ccccc1CCO)c1ccc(F)cc1. The number of para-hydroxylation sites is 1. The van der Waals surface area contributed by atoms with E-state index < -0.39 is 0 Å². The van der Waals surface area contributed by atoms with Crippen molar-refractivity contribution >= 4 is 0 Å². The van der Waals surface area contributed by atoms with Crippen molar-refractivity contribution in [1.29, 1.82) is 0 Å². The lowest BCUT2D eigenvalue weighted by Crippen LogP contribution is -2.19. The molecule has 0 radical (unpaired) electrons. The van der Waals surface area contributed by atoms with Gasteiger partial charge in [0, 0.05) is 13.2 Å². The third kappa shape index (κ3) is 3.56. The van der Waals surface area contributed by atoms with E-state index in [0.717, 1.165) is 11.1 Å². The van der Waals surface area contributed by atoms with Crippen LogP contribution in [-0.4, -0.2) is 18.3 Å². The Hall–Kier alpha value is -1.91. The number of aliphatic hydroxyl groups excluding tert-OH is 1. The monoisotopic (exact) mass is 275 g/mol. The molecule has 0 saturated carbocycles. The van der Waals surface area contributed by atoms with Crippen LogP contribution < -0.4 is 10.5 Å². The van der Waals surface area contributed by atoms with E-state index in [2.05, 4.69) is 0 Å². The van der Waals surface area contributed by atoms with Crippen molar-refractivity contribution in [3.63, 3.8) is 0 Å². The molecule has 20 heavy (non-hydrogen) atoms. The fourth-order valence-corrected chi connectivity index (χ4v) is 2.03. The van der Waals surface area contributed by atoms with Crippen molar-refractivity contribution in [2.45, 2.75) is 12.5 Å². The van der Waals surface area contributed by atoms with Gasteiger partial charge in [-0.1, -0.05) is 30.3 Å². The number of nitrogens with two attached hydrogens (primary N) is 1. The van der Waals surface area contributed by atoms with Crippen LogP contribution >= 0.6 is 0 Å². The van der Waals surface area contributed by atoms with Gasteiger partial charge in [0.05, 0.1) is 0 Å². The van der Waals surface area contributed by atoms with Crippen LogP contribution in [0.2, 0.25) is 0 Å². The molecule has 0 aliphatic rings. The molecular weight excluding hydrogens is 257 g/mol. The third-order valence-electron chi connectivity index (χ3n) is 3.08. The predicted octanol–water partition coefficient (Wildman–Crippen LogP) is 2.44. The van der Waals surface area contributed by atoms with Gasteiger partial charge < -0.3 is 15.6 Å². The van der Waals surface area contributed by atoms with Crippen molar-refractivity contribution in [1.82, 2.24) is 0 Å². The number of halogens is 1. The van der Waals surface area contributed by atoms with E-state index in [4.69, 9.17) is 15.6 Å². The molecule has 2 aromatic rings. The Labute approximate surface area is 117 Å². The highest BCUT2D eigenvalue weighted by molar-refractivity contribution is 5.34. The molecular formula is C16H18FNO2. The summed E-state index contributed by atoms with van der Waals surface area (Å²) in [5, 5.41) is 9.06. The van der Waals surface area contributed by atoms with E-state index >= 15 is 0 Å². The zero-order valence-electron chi connectivity index (χ0n) is 11.1. The summed E-state index contributed by atoms with van der Waals surface area (Å²) in [6.07, 6.45) is 0.187. The Bertz CT molecular complexity index is 542. The molecule has 2 rings (SSSR count). The first kappa shape index (κ1) is 14.5. The van der Waals surface area contributed by atoms with Crippen LogP contribution in [0.1, 0.15) is 17.2 Å². The first-order valence-corrected chi connectivity index (χ1v) is 6.55. The largest absolute Gasteiger partial charge is 0.484 e. The molecule has 0 amide bonds. The summed E-state index contributed by atoms with van der Waals surface area (Å²) in [5.41, 5.74) is 7.50. The fourth-order valence-electron chi connectivity index (χ4n) is 2.03. The molecule has 0 heterocycles. The number of benzene rings is 2. The molecule has 2 aromatic carbocycles. The lowest BCUT2D eigenvalue weighted by molar-refractivity contribution is 0.210. The molecule has 0 aliphatic carbocycles. The molecule has 4 heteroatoms. The third-order valence-corrected chi connectivity index (χ3v) is 3.08. The molecule has 0 aliphatic heterocycles. The Morgan fingerprint density at radius 1 is 1.10 bits per heavy atom. The Morgan fingerprint density at radius 2 is 1.80 bits per heavy atom. The number of hydrogen-bond acceptors (Lipinski definition) is 3. The highest BCUT2D eigenvalue weighted by Crippen LogP contribution is 2.25. The minimum Gasteiger partial charge on any atom is -0.484 e. The number of ether oxygens (including phenoxy) is 1. The zero-order valence-corrected chi connectivity index (χ0v) is 11.1. The summed E-state index contributed by atoms with van der Waals surface area (Å²) < 4.78 is 18.9. The van der Waals surface area contributed by atoms with Gasteiger partial charge in [0.25, 0.3) is 0 Å². The summed E-state index contributed by atoms with van der Waals surface area (Å²) in [6, 6.07) is 13.6. The van der Waals surface area contributed by atoms with Crippen molar-refractivity contribution < 1.29 is 14.2 Å². The molecule has 0 spiro atoms. The molecule has 0 fully saturated rings. The molecule has 0 saturated heterocycles. The van der Waals surface area contributed by atoms with Crippen molar-refractivity contribution in [3.8, 4) is 5.75 Å². The summed E-state index contributed by atoms with van der Waals surface area (Å²) in [5.74, 6) is 0.409. The van der Waals surface area contributed by atoms with Gasteiger partial charge in [-0.25, -0.2) is 4.39 Å². The van der Waals surface area contributed by atoms with E-state index in [1.54, 1.807) is 12.1 Å². The second-order valence-electron chi connectivity index (χ2n) is 4.48. The first-order valence-electron chi connectivity index (χ1n) is 6.55. The van der Waals surface area contributed by atoms with Gasteiger partial charge in [-0.15, -0.1) is 0 Å². The first-order chi connectivity index (χ1) is 9.74. The van der Waals surface area contributed by atoms with E-state index in [-0.39, 0.29) is 18.5 Å². The highest BCUT2D eigenvalue weighted by atomic mass is 19.1. The summed E-state index contributed by atoms with van der Waals surface area (Å²) in [6.45, 7) is 0.351. The quantitative estimate of drug-likeness (QED) is 0.851. The van der Waals surface area contributed by atoms with E-state index in [1.807, 2.05) is 24.3 Å². The maximum Gasteiger partial charge on any atom is 0.136 e. The maximum atomic E-state index is 12.9. The molecule has 1 unspecified atom stereocenters. The normalized spacial score (nSPS) is 12.2. The van der Waals surface area contributed by atoms with E-state index in [9.17, 15) is 4.39 Å². The summed E-state index contributed by atoms with van der Waals surface area (Å²) in [7, 11) is 0. The summed E-state index contributed by atoms with van der Waals surface area (Å²) in [4.78, 5) is 0. The van der Waals surface area contributed by atoms with Gasteiger partial charge in [0.2, 0.25) is 0 Å². The standard InChI is InChI=1S/C16H18FNO2/c17-14-7-5-13(6-8-14)16(11-18)20-15-4-2-1-3-12(15)9-10-19/h1-8,16,19H,9-11,18H2. The molecule has 3 N–H and O–H groups in total. The minimum absolute atomic E-state index is 0.0597. The van der Waals surface area contributed by atoms with Gasteiger partial charge >= 0.3 is 0 Å². The van der Waals surface area contributed by atoms with Crippen LogP contribution in [0.25, 0.3) is 0 Å². The molecule has 0 bridgehead atoms. The fraction of sp³-hybridized carbons (Fsp3) is 0.250. The van der Waals surface area contributed by atoms with Gasteiger partial charge in [-0.05, 0) is 35.7 Å². The predicted molar refractivity (Wildman–Crippen MR) is 76.1 cm³/mol. The zero-order chi connectivity index (χ0) is 14.4. The molecule has 0 aromatic heterocycles. The minimum atomic E-state index is -0.338. The van der Waals surface area contributed by atoms with Crippen molar-refractivity contribution in [3.05, 3.63) is 65.5 Å². The number of hydrogen-bond donors (Lipinski definition) is 2. The van der Waals surface area contributed by atoms with Crippen LogP contribution in [0.4, 0.5) is 4.39 Å². The Balaban J connectivity index is 2.20. The van der Waals surface area contributed by atoms with E-state index in [0.29, 0.717) is 18.7 Å². The Morgan fingerprint density at radius 3 is 2.45 bits per heavy atom. The Kier molecular flexibility index (Phi) is 5.09. The topological polar surface area (TPSA) is 55.5 Å². The van der Waals surface area contributed by atoms with Gasteiger partial charge in [-0.2, -0.15) is 0 Å². The van der Waals surface area contributed by atoms with Crippen LogP contribution in [0, 0.1) is 5.82 Å². The van der Waals surface area contributed by atoms with Crippen LogP contribution in [-0.2, 0) is 6.42 Å². The van der Waals surface area contributed by atoms with Crippen LogP contribution in [0.3, 0.4) is 0 Å². The number of rotatable bonds is 6. The number of aliphatic hydroxyl groups is 1. The van der Waals surface area contributed by atoms with Crippen molar-refractivity contribution in [2.24, 2.45) is 5.73 Å². The van der Waals surface area contributed by atoms with Gasteiger partial charge in [-0.3, -0.25) is 0 Å². The van der Waals surface area contributed by atoms with Gasteiger partial charge in [0.15, 0.2) is 0 Å². The van der Waals surface area contributed by atoms with Gasteiger partial charge in [0.1, 0.15) is 17.7 Å². The maximum absolute atomic E-state index is 12.9. The van der Waals surface area contributed by atoms with Crippen LogP contribution in [0.15, 0.2) is 48.5 Å². The van der Waals surface area contributed by atoms with Crippen LogP contribution in [0.5, 0.6) is 5.75 Å². The lowest BCUT2D eigenvalue weighted by atomic mass is 10.1. The molecule has 106 valence electrons. The van der Waals surface area contributed by atoms with Crippen molar-refractivity contribution in [2.75, 3.05) is 13.2 Å². The molecule has 3 nitrogen and oxygen atoms in total. The average Bonchev–Trinajstić information content (AvgIpc) is 2.48. The average molecular weight is 275 g/mol. The highest BCUT2D eigenvalue weighted by Gasteiger charge is 2.13. The van der Waals surface area contributed by atoms with E-state index in [1.165, 1.54) is 12.1 Å².